The number of ether oxygens (including phenoxy) is 1. The molecule has 0 aliphatic rings. The number of rotatable bonds is 4. The highest BCUT2D eigenvalue weighted by molar-refractivity contribution is 6.07. The van der Waals surface area contributed by atoms with Crippen LogP contribution in [-0.2, 0) is 9.53 Å². The van der Waals surface area contributed by atoms with Gasteiger partial charge in [0.2, 0.25) is 0 Å². The van der Waals surface area contributed by atoms with Crippen molar-refractivity contribution >= 4 is 17.8 Å². The maximum atomic E-state index is 12.3. The minimum absolute atomic E-state index is 0.0354. The van der Waals surface area contributed by atoms with Crippen molar-refractivity contribution in [3.63, 3.8) is 0 Å². The zero-order chi connectivity index (χ0) is 15.4. The van der Waals surface area contributed by atoms with Gasteiger partial charge in [-0.15, -0.1) is 0 Å². The summed E-state index contributed by atoms with van der Waals surface area (Å²) in [6.07, 6.45) is 0. The van der Waals surface area contributed by atoms with Crippen molar-refractivity contribution < 1.29 is 24.2 Å². The normalized spacial score (nSPS) is 10.0. The van der Waals surface area contributed by atoms with E-state index in [-0.39, 0.29) is 17.7 Å². The first-order valence-corrected chi connectivity index (χ1v) is 5.95. The van der Waals surface area contributed by atoms with Gasteiger partial charge in [-0.1, -0.05) is 12.1 Å². The molecule has 1 amide bonds. The third kappa shape index (κ3) is 3.14. The molecule has 0 saturated heterocycles. The molecule has 0 aromatic heterocycles. The van der Waals surface area contributed by atoms with Crippen molar-refractivity contribution in [3.05, 3.63) is 34.4 Å². The van der Waals surface area contributed by atoms with Crippen molar-refractivity contribution in [2.75, 3.05) is 20.7 Å². The summed E-state index contributed by atoms with van der Waals surface area (Å²) in [5.41, 5.74) is 1.11. The van der Waals surface area contributed by atoms with Gasteiger partial charge in [-0.05, 0) is 25.0 Å². The number of amides is 1. The Labute approximate surface area is 117 Å². The third-order valence-electron chi connectivity index (χ3n) is 2.99. The molecule has 0 aliphatic heterocycles. The van der Waals surface area contributed by atoms with E-state index >= 15 is 0 Å². The summed E-state index contributed by atoms with van der Waals surface area (Å²) in [6, 6.07) is 3.33. The Morgan fingerprint density at radius 2 is 1.65 bits per heavy atom. The minimum atomic E-state index is -1.17. The number of likely N-dealkylation sites (N-methyl/N-ethyl adjacent to an activating group) is 1. The number of aromatic carboxylic acids is 1. The number of carbonyl (C=O) groups excluding carboxylic acids is 2. The van der Waals surface area contributed by atoms with Gasteiger partial charge in [-0.25, -0.2) is 4.79 Å². The van der Waals surface area contributed by atoms with Gasteiger partial charge in [0, 0.05) is 7.05 Å². The molecule has 6 heteroatoms. The van der Waals surface area contributed by atoms with Crippen LogP contribution in [0.5, 0.6) is 0 Å². The number of esters is 1. The van der Waals surface area contributed by atoms with Gasteiger partial charge in [0.15, 0.2) is 0 Å². The van der Waals surface area contributed by atoms with Gasteiger partial charge in [-0.2, -0.15) is 0 Å². The fourth-order valence-electron chi connectivity index (χ4n) is 1.88. The first kappa shape index (κ1) is 15.7. The first-order chi connectivity index (χ1) is 9.29. The number of carbonyl (C=O) groups is 3. The van der Waals surface area contributed by atoms with Crippen LogP contribution in [0.3, 0.4) is 0 Å². The molecule has 6 nitrogen and oxygen atoms in total. The molecule has 0 spiro atoms. The highest BCUT2D eigenvalue weighted by atomic mass is 16.5. The van der Waals surface area contributed by atoms with E-state index in [2.05, 4.69) is 4.74 Å². The maximum Gasteiger partial charge on any atom is 0.336 e. The Morgan fingerprint density at radius 3 is 2.10 bits per heavy atom. The van der Waals surface area contributed by atoms with Crippen LogP contribution in [0.25, 0.3) is 0 Å². The zero-order valence-corrected chi connectivity index (χ0v) is 11.9. The van der Waals surface area contributed by atoms with Gasteiger partial charge < -0.3 is 14.7 Å². The smallest absolute Gasteiger partial charge is 0.336 e. The van der Waals surface area contributed by atoms with Gasteiger partial charge in [-0.3, -0.25) is 9.59 Å². The molecular weight excluding hydrogens is 262 g/mol. The lowest BCUT2D eigenvalue weighted by Crippen LogP contribution is -2.34. The quantitative estimate of drug-likeness (QED) is 0.838. The molecule has 1 aromatic rings. The third-order valence-corrected chi connectivity index (χ3v) is 2.99. The standard InChI is InChI=1S/C14H17NO5/c1-8-5-6-9(2)12(14(18)19)11(8)13(17)15(3)7-10(16)20-4/h5-6H,7H2,1-4H3,(H,18,19). The minimum Gasteiger partial charge on any atom is -0.478 e. The highest BCUT2D eigenvalue weighted by Crippen LogP contribution is 2.20. The number of nitrogens with zero attached hydrogens (tertiary/aromatic N) is 1. The lowest BCUT2D eigenvalue weighted by atomic mass is 9.96. The number of carboxylic acid groups (broad SMARTS) is 1. The Kier molecular flexibility index (Phi) is 4.85. The molecular formula is C14H17NO5. The second-order valence-corrected chi connectivity index (χ2v) is 4.49. The fraction of sp³-hybridized carbons (Fsp3) is 0.357. The average molecular weight is 279 g/mol. The van der Waals surface area contributed by atoms with Crippen LogP contribution < -0.4 is 0 Å². The van der Waals surface area contributed by atoms with Crippen LogP contribution >= 0.6 is 0 Å². The van der Waals surface area contributed by atoms with Crippen LogP contribution in [0, 0.1) is 13.8 Å². The van der Waals surface area contributed by atoms with E-state index in [9.17, 15) is 19.5 Å². The first-order valence-electron chi connectivity index (χ1n) is 5.95. The largest absolute Gasteiger partial charge is 0.478 e. The van der Waals surface area contributed by atoms with E-state index < -0.39 is 17.8 Å². The molecule has 0 aliphatic carbocycles. The predicted molar refractivity (Wildman–Crippen MR) is 71.9 cm³/mol. The van der Waals surface area contributed by atoms with Gasteiger partial charge in [0.05, 0.1) is 18.2 Å². The zero-order valence-electron chi connectivity index (χ0n) is 11.9. The molecule has 108 valence electrons. The van der Waals surface area contributed by atoms with E-state index in [1.54, 1.807) is 26.0 Å². The topological polar surface area (TPSA) is 83.9 Å². The molecule has 0 radical (unpaired) electrons. The SMILES string of the molecule is COC(=O)CN(C)C(=O)c1c(C)ccc(C)c1C(=O)O. The Morgan fingerprint density at radius 1 is 1.15 bits per heavy atom. The number of benzene rings is 1. The number of aryl methyl sites for hydroxylation is 2. The molecule has 0 bridgehead atoms. The average Bonchev–Trinajstić information content (AvgIpc) is 2.39. The van der Waals surface area contributed by atoms with Crippen molar-refractivity contribution in [1.82, 2.24) is 4.90 Å². The molecule has 1 rings (SSSR count). The summed E-state index contributed by atoms with van der Waals surface area (Å²) in [7, 11) is 2.65. The fourth-order valence-corrected chi connectivity index (χ4v) is 1.88. The number of hydrogen-bond acceptors (Lipinski definition) is 4. The molecule has 0 atom stereocenters. The van der Waals surface area contributed by atoms with Crippen LogP contribution in [0.2, 0.25) is 0 Å². The van der Waals surface area contributed by atoms with Crippen molar-refractivity contribution in [3.8, 4) is 0 Å². The monoisotopic (exact) mass is 279 g/mol. The lowest BCUT2D eigenvalue weighted by Gasteiger charge is -2.19. The lowest BCUT2D eigenvalue weighted by molar-refractivity contribution is -0.141. The maximum absolute atomic E-state index is 12.3. The molecule has 1 N–H and O–H groups in total. The van der Waals surface area contributed by atoms with E-state index in [1.165, 1.54) is 14.2 Å². The second-order valence-electron chi connectivity index (χ2n) is 4.49. The molecule has 1 aromatic carbocycles. The summed E-state index contributed by atoms with van der Waals surface area (Å²) >= 11 is 0. The Bertz CT molecular complexity index is 565. The van der Waals surface area contributed by atoms with E-state index in [4.69, 9.17) is 0 Å². The van der Waals surface area contributed by atoms with Crippen molar-refractivity contribution in [2.45, 2.75) is 13.8 Å². The summed E-state index contributed by atoms with van der Waals surface area (Å²) in [5.74, 6) is -2.25. The van der Waals surface area contributed by atoms with Gasteiger partial charge >= 0.3 is 11.9 Å². The summed E-state index contributed by atoms with van der Waals surface area (Å²) < 4.78 is 4.49. The highest BCUT2D eigenvalue weighted by Gasteiger charge is 2.24. The number of methoxy groups -OCH3 is 1. The van der Waals surface area contributed by atoms with Crippen LogP contribution in [-0.4, -0.2) is 48.6 Å². The van der Waals surface area contributed by atoms with Crippen molar-refractivity contribution in [2.24, 2.45) is 0 Å². The summed E-state index contributed by atoms with van der Waals surface area (Å²) in [4.78, 5) is 36.0. The molecule has 0 fully saturated rings. The Balaban J connectivity index is 3.25. The molecule has 0 unspecified atom stereocenters. The number of carboxylic acids is 1. The van der Waals surface area contributed by atoms with Gasteiger partial charge in [0.25, 0.3) is 5.91 Å². The Hall–Kier alpha value is -2.37. The summed E-state index contributed by atoms with van der Waals surface area (Å²) in [5, 5.41) is 9.27. The van der Waals surface area contributed by atoms with Gasteiger partial charge in [0.1, 0.15) is 6.54 Å². The van der Waals surface area contributed by atoms with Crippen LogP contribution in [0.15, 0.2) is 12.1 Å². The van der Waals surface area contributed by atoms with E-state index in [0.717, 1.165) is 4.90 Å². The number of hydrogen-bond donors (Lipinski definition) is 1. The van der Waals surface area contributed by atoms with Crippen LogP contribution in [0.4, 0.5) is 0 Å². The molecule has 0 heterocycles. The van der Waals surface area contributed by atoms with E-state index in [0.29, 0.717) is 11.1 Å². The van der Waals surface area contributed by atoms with Crippen molar-refractivity contribution in [1.29, 1.82) is 0 Å². The molecule has 20 heavy (non-hydrogen) atoms. The molecule has 0 saturated carbocycles. The second kappa shape index (κ2) is 6.18. The van der Waals surface area contributed by atoms with E-state index in [1.807, 2.05) is 0 Å². The predicted octanol–water partition coefficient (Wildman–Crippen LogP) is 1.25. The summed E-state index contributed by atoms with van der Waals surface area (Å²) in [6.45, 7) is 3.05. The van der Waals surface area contributed by atoms with Crippen LogP contribution in [0.1, 0.15) is 31.8 Å².